The van der Waals surface area contributed by atoms with E-state index in [0.717, 1.165) is 62.8 Å². The van der Waals surface area contributed by atoms with Crippen molar-refractivity contribution < 1.29 is 4.74 Å². The third kappa shape index (κ3) is 3.65. The lowest BCUT2D eigenvalue weighted by molar-refractivity contribution is 0.0778. The molecule has 2 aromatic carbocycles. The predicted octanol–water partition coefficient (Wildman–Crippen LogP) is 5.85. The van der Waals surface area contributed by atoms with Crippen molar-refractivity contribution >= 4 is 60.7 Å². The van der Waals surface area contributed by atoms with Gasteiger partial charge in [0, 0.05) is 40.0 Å². The summed E-state index contributed by atoms with van der Waals surface area (Å²) in [6.07, 6.45) is 1.75. The van der Waals surface area contributed by atoms with Gasteiger partial charge >= 0.3 is 0 Å². The van der Waals surface area contributed by atoms with Crippen LogP contribution in [0.3, 0.4) is 0 Å². The molecule has 0 radical (unpaired) electrons. The van der Waals surface area contributed by atoms with E-state index < -0.39 is 0 Å². The summed E-state index contributed by atoms with van der Waals surface area (Å²) < 4.78 is 7.62. The number of hydrogen-bond donors (Lipinski definition) is 2. The molecule has 0 aromatic heterocycles. The van der Waals surface area contributed by atoms with Gasteiger partial charge in [0.25, 0.3) is 0 Å². The van der Waals surface area contributed by atoms with Gasteiger partial charge in [-0.3, -0.25) is 4.99 Å². The Morgan fingerprint density at radius 3 is 2.54 bits per heavy atom. The zero-order chi connectivity index (χ0) is 18.1. The van der Waals surface area contributed by atoms with Gasteiger partial charge in [-0.2, -0.15) is 0 Å². The molecule has 0 saturated carbocycles. The molecule has 0 bridgehead atoms. The number of halogens is 3. The lowest BCUT2D eigenvalue weighted by Crippen LogP contribution is -2.55. The highest BCUT2D eigenvalue weighted by molar-refractivity contribution is 9.13. The number of aliphatic imine (C=N–C) groups is 1. The Morgan fingerprint density at radius 2 is 1.81 bits per heavy atom. The molecule has 136 valence electrons. The molecule has 2 aromatic rings. The second-order valence-corrected chi connectivity index (χ2v) is 8.70. The predicted molar refractivity (Wildman–Crippen MR) is 114 cm³/mol. The number of fused-ring (bicyclic) bond motifs is 1. The van der Waals surface area contributed by atoms with Gasteiger partial charge in [0.15, 0.2) is 0 Å². The summed E-state index contributed by atoms with van der Waals surface area (Å²) in [5.74, 6) is 0.961. The molecule has 2 aliphatic heterocycles. The number of anilines is 2. The van der Waals surface area contributed by atoms with Crippen molar-refractivity contribution in [2.24, 2.45) is 4.99 Å². The van der Waals surface area contributed by atoms with E-state index in [9.17, 15) is 0 Å². The van der Waals surface area contributed by atoms with Crippen LogP contribution in [0.25, 0.3) is 0 Å². The molecule has 26 heavy (non-hydrogen) atoms. The smallest absolute Gasteiger partial charge is 0.127 e. The van der Waals surface area contributed by atoms with E-state index in [1.165, 1.54) is 0 Å². The minimum absolute atomic E-state index is 0.225. The fourth-order valence-electron chi connectivity index (χ4n) is 3.40. The highest BCUT2D eigenvalue weighted by atomic mass is 79.9. The van der Waals surface area contributed by atoms with Crippen LogP contribution in [0.1, 0.15) is 18.4 Å². The lowest BCUT2D eigenvalue weighted by atomic mass is 9.86. The van der Waals surface area contributed by atoms with E-state index in [2.05, 4.69) is 54.6 Å². The first-order valence-corrected chi connectivity index (χ1v) is 10.4. The molecule has 1 spiro atoms. The molecule has 2 aliphatic rings. The van der Waals surface area contributed by atoms with Crippen molar-refractivity contribution in [1.82, 2.24) is 0 Å². The molecule has 0 aliphatic carbocycles. The number of hydrogen-bond acceptors (Lipinski definition) is 3. The Morgan fingerprint density at radius 1 is 1.08 bits per heavy atom. The second kappa shape index (κ2) is 7.50. The zero-order valence-electron chi connectivity index (χ0n) is 14.0. The Hall–Kier alpha value is -1.08. The van der Waals surface area contributed by atoms with Crippen molar-refractivity contribution in [2.45, 2.75) is 24.9 Å². The molecule has 7 heteroatoms. The van der Waals surface area contributed by atoms with Gasteiger partial charge in [-0.05, 0) is 61.7 Å². The molecule has 1 fully saturated rings. The van der Waals surface area contributed by atoms with Crippen LogP contribution in [0.4, 0.5) is 11.4 Å². The largest absolute Gasteiger partial charge is 0.381 e. The molecule has 4 nitrogen and oxygen atoms in total. The summed E-state index contributed by atoms with van der Waals surface area (Å²) >= 11 is 13.3. The van der Waals surface area contributed by atoms with Crippen molar-refractivity contribution in [3.63, 3.8) is 0 Å². The normalized spacial score (nSPS) is 19.7. The summed E-state index contributed by atoms with van der Waals surface area (Å²) in [4.78, 5) is 4.92. The van der Waals surface area contributed by atoms with Gasteiger partial charge in [0.1, 0.15) is 5.84 Å². The van der Waals surface area contributed by atoms with E-state index in [0.29, 0.717) is 6.54 Å². The van der Waals surface area contributed by atoms with Crippen LogP contribution in [0, 0.1) is 0 Å². The van der Waals surface area contributed by atoms with Crippen molar-refractivity contribution in [3.8, 4) is 0 Å². The van der Waals surface area contributed by atoms with Crippen molar-refractivity contribution in [2.75, 3.05) is 23.8 Å². The Bertz CT molecular complexity index is 866. The highest BCUT2D eigenvalue weighted by Crippen LogP contribution is 2.40. The van der Waals surface area contributed by atoms with Crippen molar-refractivity contribution in [1.29, 1.82) is 0 Å². The number of benzene rings is 2. The monoisotopic (exact) mass is 497 g/mol. The van der Waals surface area contributed by atoms with Crippen LogP contribution in [-0.4, -0.2) is 24.6 Å². The summed E-state index contributed by atoms with van der Waals surface area (Å²) in [7, 11) is 0. The first kappa shape index (κ1) is 18.3. The van der Waals surface area contributed by atoms with Crippen LogP contribution in [0.2, 0.25) is 5.02 Å². The molecule has 1 saturated heterocycles. The average Bonchev–Trinajstić information content (AvgIpc) is 2.62. The number of ether oxygens (including phenoxy) is 1. The molecule has 2 heterocycles. The van der Waals surface area contributed by atoms with Gasteiger partial charge in [0.05, 0.1) is 23.5 Å². The van der Waals surface area contributed by atoms with E-state index in [-0.39, 0.29) is 5.54 Å². The van der Waals surface area contributed by atoms with Crippen molar-refractivity contribution in [3.05, 3.63) is 55.9 Å². The van der Waals surface area contributed by atoms with Crippen LogP contribution in [0.15, 0.2) is 50.3 Å². The van der Waals surface area contributed by atoms with Crippen LogP contribution >= 0.6 is 43.5 Å². The van der Waals surface area contributed by atoms with Gasteiger partial charge in [-0.1, -0.05) is 23.7 Å². The molecule has 0 atom stereocenters. The second-order valence-electron chi connectivity index (χ2n) is 6.55. The highest BCUT2D eigenvalue weighted by Gasteiger charge is 2.41. The molecular weight excluding hydrogens is 481 g/mol. The van der Waals surface area contributed by atoms with Crippen LogP contribution < -0.4 is 10.6 Å². The minimum Gasteiger partial charge on any atom is -0.381 e. The minimum atomic E-state index is -0.225. The number of nitrogens with zero attached hydrogens (tertiary/aromatic N) is 1. The maximum atomic E-state index is 6.11. The van der Waals surface area contributed by atoms with Crippen LogP contribution in [-0.2, 0) is 11.3 Å². The van der Waals surface area contributed by atoms with E-state index in [1.54, 1.807) is 0 Å². The Balaban J connectivity index is 1.70. The quantitative estimate of drug-likeness (QED) is 0.545. The Kier molecular flexibility index (Phi) is 5.28. The summed E-state index contributed by atoms with van der Waals surface area (Å²) in [5, 5.41) is 8.02. The molecule has 0 unspecified atom stereocenters. The van der Waals surface area contributed by atoms with Gasteiger partial charge < -0.3 is 15.4 Å². The first-order chi connectivity index (χ1) is 12.6. The average molecular weight is 500 g/mol. The molecule has 2 N–H and O–H groups in total. The summed E-state index contributed by atoms with van der Waals surface area (Å²) in [6, 6.07) is 12.0. The number of nitrogens with one attached hydrogen (secondary N) is 2. The van der Waals surface area contributed by atoms with E-state index in [4.69, 9.17) is 21.3 Å². The molecule has 4 rings (SSSR count). The fraction of sp³-hybridized carbons (Fsp3) is 0.316. The standard InChI is InChI=1S/C19H18Br2ClN3O/c20-14-9-16-17(10-15(14)21)25-19(4-6-26-7-5-19)18(24-16)23-11-12-2-1-3-13(22)8-12/h1-3,8-10,25H,4-7,11H2,(H,23,24). The topological polar surface area (TPSA) is 45.7 Å². The number of rotatable bonds is 2. The third-order valence-corrected chi connectivity index (χ3v) is 6.88. The lowest BCUT2D eigenvalue weighted by Gasteiger charge is -2.44. The van der Waals surface area contributed by atoms with Crippen LogP contribution in [0.5, 0.6) is 0 Å². The van der Waals surface area contributed by atoms with E-state index >= 15 is 0 Å². The third-order valence-electron chi connectivity index (χ3n) is 4.80. The Labute approximate surface area is 174 Å². The number of amidine groups is 1. The first-order valence-electron chi connectivity index (χ1n) is 8.47. The maximum absolute atomic E-state index is 6.11. The summed E-state index contributed by atoms with van der Waals surface area (Å²) in [5.41, 5.74) is 2.96. The molecule has 0 amide bonds. The zero-order valence-corrected chi connectivity index (χ0v) is 17.9. The SMILES string of the molecule is Clc1cccc(CN=C2Nc3cc(Br)c(Br)cc3NC23CCOCC3)c1. The van der Waals surface area contributed by atoms with E-state index in [1.807, 2.05) is 24.3 Å². The maximum Gasteiger partial charge on any atom is 0.127 e. The van der Waals surface area contributed by atoms with Gasteiger partial charge in [0.2, 0.25) is 0 Å². The fourth-order valence-corrected chi connectivity index (χ4v) is 4.30. The van der Waals surface area contributed by atoms with Gasteiger partial charge in [-0.15, -0.1) is 0 Å². The molecular formula is C19H18Br2ClN3O. The van der Waals surface area contributed by atoms with Gasteiger partial charge in [-0.25, -0.2) is 0 Å². The summed E-state index contributed by atoms with van der Waals surface area (Å²) in [6.45, 7) is 2.02.